The smallest absolute Gasteiger partial charge is 0.238 e. The van der Waals surface area contributed by atoms with E-state index in [9.17, 15) is 13.2 Å². The highest BCUT2D eigenvalue weighted by Crippen LogP contribution is 2.09. The molecule has 0 aliphatic carbocycles. The number of sulfone groups is 1. The molecule has 0 bridgehead atoms. The highest BCUT2D eigenvalue weighted by Gasteiger charge is 2.27. The molecule has 1 unspecified atom stereocenters. The van der Waals surface area contributed by atoms with Gasteiger partial charge in [-0.05, 0) is 31.2 Å². The molecular formula is C16H25NO3S. The van der Waals surface area contributed by atoms with Crippen LogP contribution in [0.25, 0.3) is 0 Å². The Morgan fingerprint density at radius 2 is 1.76 bits per heavy atom. The van der Waals surface area contributed by atoms with Crippen molar-refractivity contribution in [2.45, 2.75) is 38.9 Å². The predicted molar refractivity (Wildman–Crippen MR) is 85.9 cm³/mol. The third-order valence-corrected chi connectivity index (χ3v) is 5.54. The van der Waals surface area contributed by atoms with Crippen LogP contribution in [-0.4, -0.2) is 31.9 Å². The van der Waals surface area contributed by atoms with Crippen molar-refractivity contribution in [1.82, 2.24) is 5.32 Å². The zero-order valence-electron chi connectivity index (χ0n) is 13.0. The summed E-state index contributed by atoms with van der Waals surface area (Å²) in [5.41, 5.74) is 1.12. The number of nitrogens with one attached hydrogen (secondary N) is 1. The van der Waals surface area contributed by atoms with Gasteiger partial charge in [-0.1, -0.05) is 44.2 Å². The van der Waals surface area contributed by atoms with Gasteiger partial charge in [0.1, 0.15) is 5.25 Å². The third-order valence-electron chi connectivity index (χ3n) is 3.44. The molecule has 1 N–H and O–H groups in total. The van der Waals surface area contributed by atoms with E-state index < -0.39 is 21.0 Å². The molecule has 118 valence electrons. The molecule has 0 radical (unpaired) electrons. The van der Waals surface area contributed by atoms with Crippen LogP contribution < -0.4 is 5.32 Å². The van der Waals surface area contributed by atoms with E-state index in [0.29, 0.717) is 25.3 Å². The van der Waals surface area contributed by atoms with Crippen LogP contribution in [0.4, 0.5) is 0 Å². The summed E-state index contributed by atoms with van der Waals surface area (Å²) in [6, 6.07) is 9.78. The van der Waals surface area contributed by atoms with Gasteiger partial charge in [-0.3, -0.25) is 4.79 Å². The predicted octanol–water partition coefficient (Wildman–Crippen LogP) is 2.19. The average Bonchev–Trinajstić information content (AvgIpc) is 2.45. The fourth-order valence-corrected chi connectivity index (χ4v) is 3.42. The zero-order valence-corrected chi connectivity index (χ0v) is 13.8. The second kappa shape index (κ2) is 8.17. The molecule has 1 aromatic carbocycles. The summed E-state index contributed by atoms with van der Waals surface area (Å²) in [5, 5.41) is 1.73. The van der Waals surface area contributed by atoms with Crippen molar-refractivity contribution >= 4 is 15.7 Å². The van der Waals surface area contributed by atoms with Crippen LogP contribution >= 0.6 is 0 Å². The van der Waals surface area contributed by atoms with Crippen molar-refractivity contribution in [3.05, 3.63) is 35.9 Å². The van der Waals surface area contributed by atoms with Crippen molar-refractivity contribution in [3.8, 4) is 0 Å². The molecule has 1 atom stereocenters. The van der Waals surface area contributed by atoms with Gasteiger partial charge in [0.2, 0.25) is 5.91 Å². The van der Waals surface area contributed by atoms with Gasteiger partial charge in [-0.15, -0.1) is 0 Å². The lowest BCUT2D eigenvalue weighted by atomic mass is 10.1. The first-order valence-electron chi connectivity index (χ1n) is 7.36. The fraction of sp³-hybridized carbons (Fsp3) is 0.562. The highest BCUT2D eigenvalue weighted by atomic mass is 32.2. The first-order chi connectivity index (χ1) is 9.83. The van der Waals surface area contributed by atoms with Gasteiger partial charge < -0.3 is 5.32 Å². The Morgan fingerprint density at radius 3 is 2.33 bits per heavy atom. The molecule has 0 saturated carbocycles. The largest absolute Gasteiger partial charge is 0.355 e. The molecule has 4 nitrogen and oxygen atoms in total. The first kappa shape index (κ1) is 17.7. The molecular weight excluding hydrogens is 286 g/mol. The monoisotopic (exact) mass is 311 g/mol. The fourth-order valence-electron chi connectivity index (χ4n) is 1.86. The summed E-state index contributed by atoms with van der Waals surface area (Å²) >= 11 is 0. The Morgan fingerprint density at radius 1 is 1.14 bits per heavy atom. The number of rotatable bonds is 8. The molecule has 0 aliphatic rings. The standard InChI is InChI=1S/C16H25NO3S/c1-13(2)10-12-21(19,20)14(3)16(18)17-11-9-15-7-5-4-6-8-15/h4-8,13-14H,9-12H2,1-3H3,(H,17,18). The van der Waals surface area contributed by atoms with E-state index in [-0.39, 0.29) is 5.75 Å². The van der Waals surface area contributed by atoms with Crippen LogP contribution in [0.3, 0.4) is 0 Å². The normalized spacial score (nSPS) is 13.1. The highest BCUT2D eigenvalue weighted by molar-refractivity contribution is 7.92. The molecule has 0 fully saturated rings. The lowest BCUT2D eigenvalue weighted by Crippen LogP contribution is -2.39. The van der Waals surface area contributed by atoms with E-state index in [4.69, 9.17) is 0 Å². The summed E-state index contributed by atoms with van der Waals surface area (Å²) in [5.74, 6) is -0.0272. The summed E-state index contributed by atoms with van der Waals surface area (Å²) < 4.78 is 24.1. The molecule has 1 aromatic rings. The first-order valence-corrected chi connectivity index (χ1v) is 9.07. The Bertz CT molecular complexity index is 538. The molecule has 0 aliphatic heterocycles. The number of hydrogen-bond acceptors (Lipinski definition) is 3. The number of hydrogen-bond donors (Lipinski definition) is 1. The van der Waals surface area contributed by atoms with E-state index in [0.717, 1.165) is 5.56 Å². The Hall–Kier alpha value is -1.36. The van der Waals surface area contributed by atoms with Crippen molar-refractivity contribution < 1.29 is 13.2 Å². The minimum absolute atomic E-state index is 0.0674. The topological polar surface area (TPSA) is 63.2 Å². The SMILES string of the molecule is CC(C)CCS(=O)(=O)C(C)C(=O)NCCc1ccccc1. The molecule has 1 rings (SSSR count). The number of carbonyl (C=O) groups is 1. The maximum Gasteiger partial charge on any atom is 0.238 e. The van der Waals surface area contributed by atoms with Gasteiger partial charge in [0.25, 0.3) is 0 Å². The van der Waals surface area contributed by atoms with Gasteiger partial charge >= 0.3 is 0 Å². The number of carbonyl (C=O) groups excluding carboxylic acids is 1. The second-order valence-electron chi connectivity index (χ2n) is 5.72. The maximum atomic E-state index is 12.0. The molecule has 5 heteroatoms. The molecule has 0 heterocycles. The minimum atomic E-state index is -3.36. The Labute approximate surface area is 127 Å². The molecule has 0 aromatic heterocycles. The Balaban J connectivity index is 2.43. The van der Waals surface area contributed by atoms with Crippen molar-refractivity contribution in [3.63, 3.8) is 0 Å². The minimum Gasteiger partial charge on any atom is -0.355 e. The van der Waals surface area contributed by atoms with Gasteiger partial charge in [0.05, 0.1) is 5.75 Å². The third kappa shape index (κ3) is 6.29. The number of benzene rings is 1. The van der Waals surface area contributed by atoms with E-state index in [2.05, 4.69) is 5.32 Å². The van der Waals surface area contributed by atoms with Crippen LogP contribution in [0, 0.1) is 5.92 Å². The number of amides is 1. The molecule has 1 amide bonds. The molecule has 0 saturated heterocycles. The van der Waals surface area contributed by atoms with Crippen molar-refractivity contribution in [2.75, 3.05) is 12.3 Å². The summed E-state index contributed by atoms with van der Waals surface area (Å²) in [6.45, 7) is 5.86. The summed E-state index contributed by atoms with van der Waals surface area (Å²) in [7, 11) is -3.36. The van der Waals surface area contributed by atoms with Crippen LogP contribution in [0.5, 0.6) is 0 Å². The van der Waals surface area contributed by atoms with E-state index in [1.165, 1.54) is 6.92 Å². The van der Waals surface area contributed by atoms with Crippen LogP contribution in [0.1, 0.15) is 32.8 Å². The lowest BCUT2D eigenvalue weighted by molar-refractivity contribution is -0.120. The Kier molecular flexibility index (Phi) is 6.89. The van der Waals surface area contributed by atoms with Crippen molar-refractivity contribution in [1.29, 1.82) is 0 Å². The van der Waals surface area contributed by atoms with Crippen molar-refractivity contribution in [2.24, 2.45) is 5.92 Å². The van der Waals surface area contributed by atoms with Crippen LogP contribution in [-0.2, 0) is 21.1 Å². The summed E-state index contributed by atoms with van der Waals surface area (Å²) in [4.78, 5) is 11.9. The van der Waals surface area contributed by atoms with Gasteiger partial charge in [-0.2, -0.15) is 0 Å². The molecule has 0 spiro atoms. The average molecular weight is 311 g/mol. The van der Waals surface area contributed by atoms with Gasteiger partial charge in [-0.25, -0.2) is 8.42 Å². The van der Waals surface area contributed by atoms with E-state index in [1.54, 1.807) is 0 Å². The summed E-state index contributed by atoms with van der Waals surface area (Å²) in [6.07, 6.45) is 1.29. The van der Waals surface area contributed by atoms with Gasteiger partial charge in [0, 0.05) is 6.54 Å². The van der Waals surface area contributed by atoms with Crippen LogP contribution in [0.2, 0.25) is 0 Å². The second-order valence-corrected chi connectivity index (χ2v) is 8.16. The van der Waals surface area contributed by atoms with E-state index in [1.807, 2.05) is 44.2 Å². The zero-order chi connectivity index (χ0) is 15.9. The maximum absolute atomic E-state index is 12.0. The molecule has 21 heavy (non-hydrogen) atoms. The quantitative estimate of drug-likeness (QED) is 0.800. The lowest BCUT2D eigenvalue weighted by Gasteiger charge is -2.14. The van der Waals surface area contributed by atoms with Gasteiger partial charge in [0.15, 0.2) is 9.84 Å². The van der Waals surface area contributed by atoms with Crippen LogP contribution in [0.15, 0.2) is 30.3 Å². The van der Waals surface area contributed by atoms with E-state index >= 15 is 0 Å².